The van der Waals surface area contributed by atoms with Crippen LogP contribution in [0.4, 0.5) is 22.4 Å². The number of aromatic nitrogens is 2. The summed E-state index contributed by atoms with van der Waals surface area (Å²) in [4.78, 5) is 16.0. The highest BCUT2D eigenvalue weighted by molar-refractivity contribution is 5.75. The molecule has 2 aliphatic rings. The predicted molar refractivity (Wildman–Crippen MR) is 94.4 cm³/mol. The van der Waals surface area contributed by atoms with E-state index in [0.29, 0.717) is 32.2 Å². The number of amides is 2. The van der Waals surface area contributed by atoms with Gasteiger partial charge in [-0.1, -0.05) is 6.07 Å². The van der Waals surface area contributed by atoms with Gasteiger partial charge < -0.3 is 14.5 Å². The Balaban J connectivity index is 1.23. The second-order valence-electron chi connectivity index (χ2n) is 7.30. The van der Waals surface area contributed by atoms with Crippen molar-refractivity contribution < 1.29 is 27.1 Å². The number of carbonyl (C=O) groups is 1. The molecular formula is C19H20F4N4O2. The lowest BCUT2D eigenvalue weighted by atomic mass is 10.1. The first-order valence-electron chi connectivity index (χ1n) is 9.31. The van der Waals surface area contributed by atoms with Crippen LogP contribution in [0.15, 0.2) is 36.7 Å². The Labute approximate surface area is 164 Å². The molecule has 1 aromatic heterocycles. The van der Waals surface area contributed by atoms with E-state index in [1.807, 2.05) is 16.9 Å². The van der Waals surface area contributed by atoms with E-state index in [4.69, 9.17) is 4.74 Å². The van der Waals surface area contributed by atoms with Gasteiger partial charge in [0.25, 0.3) is 0 Å². The van der Waals surface area contributed by atoms with E-state index in [1.165, 1.54) is 0 Å². The molecule has 1 atom stereocenters. The van der Waals surface area contributed by atoms with Crippen molar-refractivity contribution in [2.45, 2.75) is 31.3 Å². The smallest absolute Gasteiger partial charge is 0.370 e. The number of likely N-dealkylation sites (tertiary alicyclic amines) is 2. The number of nitrogens with zero attached hydrogens (tertiary/aromatic N) is 4. The van der Waals surface area contributed by atoms with Crippen molar-refractivity contribution in [3.8, 4) is 0 Å². The van der Waals surface area contributed by atoms with Crippen LogP contribution >= 0.6 is 0 Å². The Morgan fingerprint density at radius 2 is 2.00 bits per heavy atom. The Hall–Kier alpha value is -2.62. The molecule has 1 unspecified atom stereocenters. The highest BCUT2D eigenvalue weighted by Crippen LogP contribution is 2.30. The number of ether oxygens (including phenoxy) is 1. The molecule has 6 nitrogen and oxygen atoms in total. The number of hydrogen-bond donors (Lipinski definition) is 0. The van der Waals surface area contributed by atoms with Crippen molar-refractivity contribution in [3.05, 3.63) is 53.6 Å². The Morgan fingerprint density at radius 1 is 1.21 bits per heavy atom. The van der Waals surface area contributed by atoms with Crippen LogP contribution in [0.3, 0.4) is 0 Å². The molecule has 2 saturated heterocycles. The van der Waals surface area contributed by atoms with Crippen LogP contribution in [0.1, 0.15) is 23.6 Å². The molecule has 156 valence electrons. The monoisotopic (exact) mass is 412 g/mol. The van der Waals surface area contributed by atoms with E-state index in [0.717, 1.165) is 18.6 Å². The molecule has 0 N–H and O–H groups in total. The van der Waals surface area contributed by atoms with E-state index in [2.05, 4.69) is 5.10 Å². The Morgan fingerprint density at radius 3 is 2.66 bits per heavy atom. The molecule has 0 aliphatic carbocycles. The van der Waals surface area contributed by atoms with Crippen molar-refractivity contribution in [2.24, 2.45) is 0 Å². The average Bonchev–Trinajstić information content (AvgIpc) is 3.31. The largest absolute Gasteiger partial charge is 0.416 e. The maximum absolute atomic E-state index is 13.9. The van der Waals surface area contributed by atoms with Crippen molar-refractivity contribution in [3.63, 3.8) is 0 Å². The number of rotatable bonds is 4. The minimum absolute atomic E-state index is 0.0596. The molecule has 2 amide bonds. The van der Waals surface area contributed by atoms with Gasteiger partial charge in [0.05, 0.1) is 37.4 Å². The molecule has 0 spiro atoms. The highest BCUT2D eigenvalue weighted by Gasteiger charge is 2.37. The maximum Gasteiger partial charge on any atom is 0.416 e. The lowest BCUT2D eigenvalue weighted by Gasteiger charge is -2.40. The summed E-state index contributed by atoms with van der Waals surface area (Å²) in [6.45, 7) is 1.87. The highest BCUT2D eigenvalue weighted by atomic mass is 19.4. The summed E-state index contributed by atoms with van der Waals surface area (Å²) in [6, 6.07) is 4.34. The number of halogens is 4. The molecule has 1 aromatic carbocycles. The topological polar surface area (TPSA) is 50.6 Å². The quantitative estimate of drug-likeness (QED) is 0.724. The third-order valence-electron chi connectivity index (χ3n) is 5.31. The third-order valence-corrected chi connectivity index (χ3v) is 5.31. The molecule has 4 rings (SSSR count). The second kappa shape index (κ2) is 7.66. The van der Waals surface area contributed by atoms with E-state index in [-0.39, 0.29) is 30.3 Å². The van der Waals surface area contributed by atoms with Crippen LogP contribution in [0.2, 0.25) is 0 Å². The van der Waals surface area contributed by atoms with Crippen molar-refractivity contribution in [1.29, 1.82) is 0 Å². The van der Waals surface area contributed by atoms with Gasteiger partial charge in [0.2, 0.25) is 0 Å². The minimum Gasteiger partial charge on any atom is -0.370 e. The molecular weight excluding hydrogens is 392 g/mol. The molecule has 2 aliphatic heterocycles. The van der Waals surface area contributed by atoms with Crippen LogP contribution < -0.4 is 0 Å². The fourth-order valence-electron chi connectivity index (χ4n) is 3.58. The van der Waals surface area contributed by atoms with Gasteiger partial charge in [-0.2, -0.15) is 18.3 Å². The molecule has 0 radical (unpaired) electrons. The lowest BCUT2D eigenvalue weighted by Crippen LogP contribution is -2.58. The summed E-state index contributed by atoms with van der Waals surface area (Å²) in [5, 5.41) is 4.21. The Kier molecular flexibility index (Phi) is 5.20. The fraction of sp³-hybridized carbons (Fsp3) is 0.474. The van der Waals surface area contributed by atoms with Gasteiger partial charge in [0.15, 0.2) is 0 Å². The fourth-order valence-corrected chi connectivity index (χ4v) is 3.58. The zero-order valence-corrected chi connectivity index (χ0v) is 15.5. The zero-order chi connectivity index (χ0) is 20.6. The number of alkyl halides is 3. The van der Waals surface area contributed by atoms with Gasteiger partial charge in [-0.05, 0) is 24.6 Å². The van der Waals surface area contributed by atoms with Gasteiger partial charge in [-0.3, -0.25) is 4.68 Å². The number of carbonyl (C=O) groups excluding carboxylic acids is 1. The number of benzene rings is 1. The van der Waals surface area contributed by atoms with Crippen molar-refractivity contribution >= 4 is 6.03 Å². The number of hydrogen-bond acceptors (Lipinski definition) is 3. The first-order chi connectivity index (χ1) is 13.8. The minimum atomic E-state index is -4.58. The summed E-state index contributed by atoms with van der Waals surface area (Å²) in [5.74, 6) is -0.950. The second-order valence-corrected chi connectivity index (χ2v) is 7.30. The van der Waals surface area contributed by atoms with Gasteiger partial charge in [-0.15, -0.1) is 0 Å². The average molecular weight is 412 g/mol. The standard InChI is InChI=1S/C19H20F4N4O2/c20-17-8-14(19(21,22)23)3-2-13(17)12-29-16-10-26(11-16)18(28)25-7-4-15(9-25)27-6-1-5-24-27/h1-3,5-6,8,15-16H,4,7,9-12H2. The Bertz CT molecular complexity index is 866. The van der Waals surface area contributed by atoms with Gasteiger partial charge >= 0.3 is 12.2 Å². The number of urea groups is 1. The third kappa shape index (κ3) is 4.21. The van der Waals surface area contributed by atoms with Crippen LogP contribution in [-0.4, -0.2) is 57.9 Å². The first kappa shape index (κ1) is 19.7. The molecule has 3 heterocycles. The van der Waals surface area contributed by atoms with Crippen molar-refractivity contribution in [1.82, 2.24) is 19.6 Å². The summed E-state index contributed by atoms with van der Waals surface area (Å²) >= 11 is 0. The van der Waals surface area contributed by atoms with Gasteiger partial charge in [-0.25, -0.2) is 9.18 Å². The summed E-state index contributed by atoms with van der Waals surface area (Å²) in [5.41, 5.74) is -0.970. The first-order valence-corrected chi connectivity index (χ1v) is 9.31. The van der Waals surface area contributed by atoms with Gasteiger partial charge in [0, 0.05) is 31.0 Å². The molecule has 10 heteroatoms. The maximum atomic E-state index is 13.9. The van der Waals surface area contributed by atoms with Gasteiger partial charge in [0.1, 0.15) is 5.82 Å². The van der Waals surface area contributed by atoms with Crippen LogP contribution in [0.25, 0.3) is 0 Å². The van der Waals surface area contributed by atoms with E-state index >= 15 is 0 Å². The summed E-state index contributed by atoms with van der Waals surface area (Å²) in [6.07, 6.45) is -0.409. The zero-order valence-electron chi connectivity index (χ0n) is 15.5. The molecule has 2 aromatic rings. The normalized spacial score (nSPS) is 20.2. The van der Waals surface area contributed by atoms with E-state index in [1.54, 1.807) is 16.0 Å². The molecule has 0 bridgehead atoms. The molecule has 0 saturated carbocycles. The predicted octanol–water partition coefficient (Wildman–Crippen LogP) is 3.31. The summed E-state index contributed by atoms with van der Waals surface area (Å²) in [7, 11) is 0. The summed E-state index contributed by atoms with van der Waals surface area (Å²) < 4.78 is 59.0. The van der Waals surface area contributed by atoms with E-state index in [9.17, 15) is 22.4 Å². The molecule has 2 fully saturated rings. The lowest BCUT2D eigenvalue weighted by molar-refractivity contribution is -0.137. The molecule has 29 heavy (non-hydrogen) atoms. The van der Waals surface area contributed by atoms with Crippen LogP contribution in [0, 0.1) is 5.82 Å². The van der Waals surface area contributed by atoms with E-state index < -0.39 is 17.6 Å². The van der Waals surface area contributed by atoms with Crippen LogP contribution in [0.5, 0.6) is 0 Å². The SMILES string of the molecule is O=C(N1CC(OCc2ccc(C(F)(F)F)cc2F)C1)N1CCC(n2cccn2)C1. The van der Waals surface area contributed by atoms with Crippen molar-refractivity contribution in [2.75, 3.05) is 26.2 Å². The van der Waals surface area contributed by atoms with Crippen LogP contribution in [-0.2, 0) is 17.5 Å².